The highest BCUT2D eigenvalue weighted by atomic mass is 16.3. The molecular formula is C16H28N2O. The molecule has 0 aromatic carbocycles. The summed E-state index contributed by atoms with van der Waals surface area (Å²) in [5.41, 5.74) is 6.29. The maximum Gasteiger partial charge on any atom is 0.118 e. The molecule has 0 saturated heterocycles. The van der Waals surface area contributed by atoms with Gasteiger partial charge in [-0.05, 0) is 57.2 Å². The van der Waals surface area contributed by atoms with Gasteiger partial charge in [0.15, 0.2) is 0 Å². The molecule has 3 heteroatoms. The first-order valence-electron chi connectivity index (χ1n) is 7.42. The first-order valence-corrected chi connectivity index (χ1v) is 7.42. The Morgan fingerprint density at radius 3 is 2.42 bits per heavy atom. The van der Waals surface area contributed by atoms with E-state index in [-0.39, 0.29) is 5.54 Å². The van der Waals surface area contributed by atoms with E-state index in [1.54, 1.807) is 0 Å². The lowest BCUT2D eigenvalue weighted by Crippen LogP contribution is -2.55. The summed E-state index contributed by atoms with van der Waals surface area (Å²) in [7, 11) is 2.19. The Hall–Kier alpha value is -0.800. The Morgan fingerprint density at radius 1 is 1.32 bits per heavy atom. The van der Waals surface area contributed by atoms with Crippen molar-refractivity contribution in [1.82, 2.24) is 4.90 Å². The van der Waals surface area contributed by atoms with Crippen LogP contribution in [0.4, 0.5) is 0 Å². The van der Waals surface area contributed by atoms with E-state index in [0.717, 1.165) is 36.4 Å². The van der Waals surface area contributed by atoms with E-state index in [1.807, 2.05) is 13.0 Å². The first kappa shape index (κ1) is 14.6. The molecule has 1 aliphatic carbocycles. The Bertz CT molecular complexity index is 403. The minimum absolute atomic E-state index is 0.137. The van der Waals surface area contributed by atoms with Gasteiger partial charge in [0.2, 0.25) is 0 Å². The number of aryl methyl sites for hydroxylation is 1. The summed E-state index contributed by atoms with van der Waals surface area (Å²) in [6.45, 7) is 8.28. The van der Waals surface area contributed by atoms with Crippen molar-refractivity contribution in [3.8, 4) is 0 Å². The van der Waals surface area contributed by atoms with Gasteiger partial charge in [-0.3, -0.25) is 4.90 Å². The molecule has 0 radical (unpaired) electrons. The van der Waals surface area contributed by atoms with Crippen LogP contribution in [0.3, 0.4) is 0 Å². The second kappa shape index (κ2) is 5.68. The summed E-state index contributed by atoms with van der Waals surface area (Å²) in [5.74, 6) is 3.54. The molecule has 19 heavy (non-hydrogen) atoms. The van der Waals surface area contributed by atoms with Gasteiger partial charge in [0.25, 0.3) is 0 Å². The predicted molar refractivity (Wildman–Crippen MR) is 78.9 cm³/mol. The van der Waals surface area contributed by atoms with E-state index in [9.17, 15) is 0 Å². The molecule has 3 nitrogen and oxygen atoms in total. The molecule has 2 rings (SSSR count). The van der Waals surface area contributed by atoms with Crippen LogP contribution in [0.1, 0.15) is 44.6 Å². The zero-order valence-corrected chi connectivity index (χ0v) is 12.8. The second-order valence-corrected chi connectivity index (χ2v) is 6.65. The molecule has 0 bridgehead atoms. The zero-order chi connectivity index (χ0) is 14.0. The van der Waals surface area contributed by atoms with Crippen molar-refractivity contribution in [2.75, 3.05) is 13.6 Å². The maximum atomic E-state index is 6.15. The fourth-order valence-electron chi connectivity index (χ4n) is 3.84. The standard InChI is InChI=1S/C16H28N2O/c1-12-7-13(2)9-16(8-12,11-17)18(4)10-15-6-5-14(3)19-15/h5-6,12-13H,7-11,17H2,1-4H3. The lowest BCUT2D eigenvalue weighted by Gasteiger charge is -2.48. The minimum Gasteiger partial charge on any atom is -0.465 e. The van der Waals surface area contributed by atoms with Gasteiger partial charge in [-0.15, -0.1) is 0 Å². The topological polar surface area (TPSA) is 42.4 Å². The minimum atomic E-state index is 0.137. The van der Waals surface area contributed by atoms with Crippen LogP contribution >= 0.6 is 0 Å². The molecule has 0 amide bonds. The van der Waals surface area contributed by atoms with Crippen molar-refractivity contribution in [3.05, 3.63) is 23.7 Å². The number of likely N-dealkylation sites (N-methyl/N-ethyl adjacent to an activating group) is 1. The summed E-state index contributed by atoms with van der Waals surface area (Å²) in [5, 5.41) is 0. The van der Waals surface area contributed by atoms with E-state index in [1.165, 1.54) is 19.3 Å². The third kappa shape index (κ3) is 3.21. The Balaban J connectivity index is 2.11. The molecular weight excluding hydrogens is 236 g/mol. The van der Waals surface area contributed by atoms with E-state index in [4.69, 9.17) is 10.2 Å². The summed E-state index contributed by atoms with van der Waals surface area (Å²) in [6.07, 6.45) is 3.73. The third-order valence-corrected chi connectivity index (χ3v) is 4.64. The highest BCUT2D eigenvalue weighted by Crippen LogP contribution is 2.39. The lowest BCUT2D eigenvalue weighted by atomic mass is 9.71. The van der Waals surface area contributed by atoms with Gasteiger partial charge in [-0.25, -0.2) is 0 Å². The van der Waals surface area contributed by atoms with Gasteiger partial charge in [-0.1, -0.05) is 13.8 Å². The van der Waals surface area contributed by atoms with Crippen molar-refractivity contribution in [3.63, 3.8) is 0 Å². The molecule has 2 unspecified atom stereocenters. The second-order valence-electron chi connectivity index (χ2n) is 6.65. The van der Waals surface area contributed by atoms with Gasteiger partial charge in [0, 0.05) is 12.1 Å². The number of furan rings is 1. The highest BCUT2D eigenvalue weighted by Gasteiger charge is 2.40. The van der Waals surface area contributed by atoms with Gasteiger partial charge in [0.05, 0.1) is 6.54 Å². The van der Waals surface area contributed by atoms with Crippen molar-refractivity contribution < 1.29 is 4.42 Å². The number of hydrogen-bond donors (Lipinski definition) is 1. The average molecular weight is 264 g/mol. The van der Waals surface area contributed by atoms with E-state index < -0.39 is 0 Å². The molecule has 2 N–H and O–H groups in total. The van der Waals surface area contributed by atoms with Crippen LogP contribution in [0, 0.1) is 18.8 Å². The van der Waals surface area contributed by atoms with E-state index in [0.29, 0.717) is 0 Å². The van der Waals surface area contributed by atoms with Crippen LogP contribution in [0.2, 0.25) is 0 Å². The van der Waals surface area contributed by atoms with Crippen LogP contribution in [0.25, 0.3) is 0 Å². The molecule has 1 aromatic heterocycles. The molecule has 1 fully saturated rings. The van der Waals surface area contributed by atoms with Gasteiger partial charge in [-0.2, -0.15) is 0 Å². The molecule has 108 valence electrons. The first-order chi connectivity index (χ1) is 8.95. The summed E-state index contributed by atoms with van der Waals surface area (Å²) in [6, 6.07) is 4.11. The fraction of sp³-hybridized carbons (Fsp3) is 0.750. The Kier molecular flexibility index (Phi) is 4.36. The van der Waals surface area contributed by atoms with Gasteiger partial charge in [0.1, 0.15) is 11.5 Å². The molecule has 1 heterocycles. The zero-order valence-electron chi connectivity index (χ0n) is 12.8. The predicted octanol–water partition coefficient (Wildman–Crippen LogP) is 3.17. The van der Waals surface area contributed by atoms with Crippen LogP contribution in [-0.2, 0) is 6.54 Å². The molecule has 2 atom stereocenters. The molecule has 1 aliphatic rings. The summed E-state index contributed by atoms with van der Waals surface area (Å²) >= 11 is 0. The SMILES string of the molecule is Cc1ccc(CN(C)C2(CN)CC(C)CC(C)C2)o1. The van der Waals surface area contributed by atoms with Crippen molar-refractivity contribution in [2.24, 2.45) is 17.6 Å². The third-order valence-electron chi connectivity index (χ3n) is 4.64. The maximum absolute atomic E-state index is 6.15. The molecule has 1 aromatic rings. The largest absolute Gasteiger partial charge is 0.465 e. The molecule has 1 saturated carbocycles. The normalized spacial score (nSPS) is 31.9. The molecule has 0 spiro atoms. The van der Waals surface area contributed by atoms with Crippen LogP contribution in [-0.4, -0.2) is 24.0 Å². The fourth-order valence-corrected chi connectivity index (χ4v) is 3.84. The van der Waals surface area contributed by atoms with Crippen LogP contribution in [0.5, 0.6) is 0 Å². The average Bonchev–Trinajstić information content (AvgIpc) is 2.73. The number of nitrogens with two attached hydrogens (primary N) is 1. The van der Waals surface area contributed by atoms with E-state index >= 15 is 0 Å². The van der Waals surface area contributed by atoms with Crippen LogP contribution in [0.15, 0.2) is 16.5 Å². The summed E-state index contributed by atoms with van der Waals surface area (Å²) in [4.78, 5) is 2.41. The van der Waals surface area contributed by atoms with Crippen molar-refractivity contribution >= 4 is 0 Å². The smallest absolute Gasteiger partial charge is 0.118 e. The summed E-state index contributed by atoms with van der Waals surface area (Å²) < 4.78 is 5.71. The van der Waals surface area contributed by atoms with Crippen LogP contribution < -0.4 is 5.73 Å². The number of hydrogen-bond acceptors (Lipinski definition) is 3. The lowest BCUT2D eigenvalue weighted by molar-refractivity contribution is 0.0289. The quantitative estimate of drug-likeness (QED) is 0.908. The highest BCUT2D eigenvalue weighted by molar-refractivity contribution is 5.07. The van der Waals surface area contributed by atoms with Crippen molar-refractivity contribution in [1.29, 1.82) is 0 Å². The van der Waals surface area contributed by atoms with Gasteiger partial charge < -0.3 is 10.2 Å². The number of rotatable bonds is 4. The Labute approximate surface area is 117 Å². The van der Waals surface area contributed by atoms with Crippen molar-refractivity contribution in [2.45, 2.75) is 52.1 Å². The molecule has 0 aliphatic heterocycles. The Morgan fingerprint density at radius 2 is 1.95 bits per heavy atom. The number of nitrogens with zero attached hydrogens (tertiary/aromatic N) is 1. The van der Waals surface area contributed by atoms with E-state index in [2.05, 4.69) is 31.9 Å². The monoisotopic (exact) mass is 264 g/mol. The van der Waals surface area contributed by atoms with Gasteiger partial charge >= 0.3 is 0 Å².